The van der Waals surface area contributed by atoms with Crippen molar-refractivity contribution in [2.75, 3.05) is 18.4 Å². The number of anilines is 1. The molecule has 1 aromatic rings. The predicted octanol–water partition coefficient (Wildman–Crippen LogP) is 1.96. The average molecular weight is 357 g/mol. The Bertz CT molecular complexity index is 681. The predicted molar refractivity (Wildman–Crippen MR) is 81.7 cm³/mol. The van der Waals surface area contributed by atoms with Gasteiger partial charge >= 0.3 is 6.18 Å². The van der Waals surface area contributed by atoms with E-state index in [0.717, 1.165) is 12.8 Å². The first-order valence-electron chi connectivity index (χ1n) is 8.05. The third-order valence-corrected chi connectivity index (χ3v) is 4.61. The largest absolute Gasteiger partial charge is 0.417 e. The Morgan fingerprint density at radius 1 is 1.28 bits per heavy atom. The lowest BCUT2D eigenvalue weighted by molar-refractivity contribution is -0.271. The molecule has 136 valence electrons. The number of halogens is 3. The van der Waals surface area contributed by atoms with Crippen molar-refractivity contribution < 1.29 is 27.9 Å². The number of alkyl halides is 3. The molecule has 0 unspecified atom stereocenters. The van der Waals surface area contributed by atoms with E-state index in [1.54, 1.807) is 0 Å². The summed E-state index contributed by atoms with van der Waals surface area (Å²) in [6, 6.07) is 2.85. The molecule has 2 heterocycles. The lowest BCUT2D eigenvalue weighted by Crippen LogP contribution is -2.54. The number of aromatic nitrogens is 1. The molecular weight excluding hydrogens is 339 g/mol. The molecule has 2 N–H and O–H groups in total. The number of hydrogen-bond donors (Lipinski definition) is 2. The molecule has 1 saturated heterocycles. The Kier molecular flexibility index (Phi) is 4.44. The van der Waals surface area contributed by atoms with Crippen molar-refractivity contribution in [2.45, 2.75) is 37.5 Å². The van der Waals surface area contributed by atoms with E-state index in [4.69, 9.17) is 0 Å². The van der Waals surface area contributed by atoms with Crippen LogP contribution in [0.2, 0.25) is 0 Å². The summed E-state index contributed by atoms with van der Waals surface area (Å²) in [4.78, 5) is 29.5. The van der Waals surface area contributed by atoms with Crippen LogP contribution in [0.4, 0.5) is 19.0 Å². The molecule has 0 bridgehead atoms. The minimum absolute atomic E-state index is 0.0108. The molecule has 0 spiro atoms. The van der Waals surface area contributed by atoms with Crippen LogP contribution >= 0.6 is 0 Å². The van der Waals surface area contributed by atoms with Gasteiger partial charge in [0.1, 0.15) is 5.82 Å². The van der Waals surface area contributed by atoms with Gasteiger partial charge in [-0.1, -0.05) is 0 Å². The second kappa shape index (κ2) is 6.29. The van der Waals surface area contributed by atoms with E-state index in [1.165, 1.54) is 23.2 Å². The molecule has 0 atom stereocenters. The van der Waals surface area contributed by atoms with E-state index < -0.39 is 30.5 Å². The Morgan fingerprint density at radius 3 is 2.48 bits per heavy atom. The first-order chi connectivity index (χ1) is 11.7. The number of rotatable bonds is 3. The van der Waals surface area contributed by atoms with Gasteiger partial charge in [0, 0.05) is 43.6 Å². The van der Waals surface area contributed by atoms with Crippen molar-refractivity contribution in [2.24, 2.45) is 5.92 Å². The third kappa shape index (κ3) is 3.76. The summed E-state index contributed by atoms with van der Waals surface area (Å²) in [5.41, 5.74) is -2.51. The van der Waals surface area contributed by atoms with Gasteiger partial charge in [0.25, 0.3) is 5.91 Å². The summed E-state index contributed by atoms with van der Waals surface area (Å²) in [6.45, 7) is -0.387. The molecular formula is C16H18F3N3O3. The summed E-state index contributed by atoms with van der Waals surface area (Å²) >= 11 is 0. The maximum Gasteiger partial charge on any atom is 0.417 e. The van der Waals surface area contributed by atoms with Crippen LogP contribution in [0.5, 0.6) is 0 Å². The van der Waals surface area contributed by atoms with Crippen molar-refractivity contribution in [3.63, 3.8) is 0 Å². The Hall–Kier alpha value is -2.16. The van der Waals surface area contributed by atoms with Gasteiger partial charge in [0.2, 0.25) is 5.91 Å². The van der Waals surface area contributed by atoms with Crippen LogP contribution in [0.25, 0.3) is 0 Å². The molecule has 3 rings (SSSR count). The molecule has 25 heavy (non-hydrogen) atoms. The van der Waals surface area contributed by atoms with E-state index in [9.17, 15) is 27.9 Å². The molecule has 0 radical (unpaired) electrons. The fraction of sp³-hybridized carbons (Fsp3) is 0.562. The standard InChI is InChI=1S/C16H18F3N3O3/c17-16(18,19)15(25)4-7-22(8-5-15)14(24)11-3-6-20-12(9-11)21-13(23)10-1-2-10/h3,6,9-10,25H,1-2,4-5,7-8H2,(H,20,21,23). The minimum Gasteiger partial charge on any atom is -0.380 e. The van der Waals surface area contributed by atoms with E-state index >= 15 is 0 Å². The average Bonchev–Trinajstić information content (AvgIpc) is 3.39. The van der Waals surface area contributed by atoms with Gasteiger partial charge < -0.3 is 15.3 Å². The summed E-state index contributed by atoms with van der Waals surface area (Å²) < 4.78 is 38.5. The minimum atomic E-state index is -4.71. The normalized spacial score (nSPS) is 20.2. The van der Waals surface area contributed by atoms with Crippen LogP contribution in [0.15, 0.2) is 18.3 Å². The van der Waals surface area contributed by atoms with Crippen molar-refractivity contribution in [3.8, 4) is 0 Å². The second-order valence-electron chi connectivity index (χ2n) is 6.51. The summed E-state index contributed by atoms with van der Waals surface area (Å²) in [6.07, 6.45) is -2.79. The number of aliphatic hydroxyl groups is 1. The fourth-order valence-corrected chi connectivity index (χ4v) is 2.75. The highest BCUT2D eigenvalue weighted by atomic mass is 19.4. The number of carbonyl (C=O) groups excluding carboxylic acids is 2. The zero-order valence-electron chi connectivity index (χ0n) is 13.3. The van der Waals surface area contributed by atoms with Gasteiger partial charge in [-0.3, -0.25) is 9.59 Å². The first-order valence-corrected chi connectivity index (χ1v) is 8.05. The van der Waals surface area contributed by atoms with Gasteiger partial charge in [-0.05, 0) is 25.0 Å². The van der Waals surface area contributed by atoms with Crippen molar-refractivity contribution in [3.05, 3.63) is 23.9 Å². The van der Waals surface area contributed by atoms with Crippen molar-refractivity contribution in [1.82, 2.24) is 9.88 Å². The Labute approximate surface area is 142 Å². The number of piperidine rings is 1. The number of pyridine rings is 1. The van der Waals surface area contributed by atoms with Crippen LogP contribution in [-0.2, 0) is 4.79 Å². The van der Waals surface area contributed by atoms with Crippen LogP contribution in [0, 0.1) is 5.92 Å². The maximum atomic E-state index is 12.8. The lowest BCUT2D eigenvalue weighted by atomic mass is 9.90. The first kappa shape index (κ1) is 17.7. The molecule has 1 aliphatic heterocycles. The van der Waals surface area contributed by atoms with E-state index in [1.807, 2.05) is 0 Å². The SMILES string of the molecule is O=C(Nc1cc(C(=O)N2CCC(O)(C(F)(F)F)CC2)ccn1)C1CC1. The molecule has 2 aliphatic rings. The van der Waals surface area contributed by atoms with Crippen LogP contribution in [-0.4, -0.2) is 51.7 Å². The summed E-state index contributed by atoms with van der Waals surface area (Å²) in [7, 11) is 0. The topological polar surface area (TPSA) is 82.5 Å². The van der Waals surface area contributed by atoms with Gasteiger partial charge in [-0.15, -0.1) is 0 Å². The molecule has 6 nitrogen and oxygen atoms in total. The molecule has 2 amide bonds. The number of hydrogen-bond acceptors (Lipinski definition) is 4. The van der Waals surface area contributed by atoms with Gasteiger partial charge in [-0.2, -0.15) is 13.2 Å². The third-order valence-electron chi connectivity index (χ3n) is 4.61. The number of likely N-dealkylation sites (tertiary alicyclic amines) is 1. The van der Waals surface area contributed by atoms with Gasteiger partial charge in [0.05, 0.1) is 0 Å². The highest BCUT2D eigenvalue weighted by molar-refractivity contribution is 5.97. The van der Waals surface area contributed by atoms with Gasteiger partial charge in [-0.25, -0.2) is 4.98 Å². The maximum absolute atomic E-state index is 12.8. The van der Waals surface area contributed by atoms with Crippen LogP contribution in [0.1, 0.15) is 36.0 Å². The molecule has 0 aromatic carbocycles. The molecule has 1 aliphatic carbocycles. The number of carbonyl (C=O) groups is 2. The Morgan fingerprint density at radius 2 is 1.92 bits per heavy atom. The zero-order valence-corrected chi connectivity index (χ0v) is 13.3. The molecule has 2 fully saturated rings. The second-order valence-corrected chi connectivity index (χ2v) is 6.51. The highest BCUT2D eigenvalue weighted by Gasteiger charge is 2.54. The molecule has 1 aromatic heterocycles. The van der Waals surface area contributed by atoms with E-state index in [0.29, 0.717) is 0 Å². The summed E-state index contributed by atoms with van der Waals surface area (Å²) in [5, 5.41) is 12.3. The van der Waals surface area contributed by atoms with Crippen molar-refractivity contribution in [1.29, 1.82) is 0 Å². The van der Waals surface area contributed by atoms with Crippen molar-refractivity contribution >= 4 is 17.6 Å². The van der Waals surface area contributed by atoms with Crippen LogP contribution < -0.4 is 5.32 Å². The quantitative estimate of drug-likeness (QED) is 0.866. The van der Waals surface area contributed by atoms with Crippen LogP contribution in [0.3, 0.4) is 0 Å². The number of nitrogens with zero attached hydrogens (tertiary/aromatic N) is 2. The fourth-order valence-electron chi connectivity index (χ4n) is 2.75. The molecule has 9 heteroatoms. The van der Waals surface area contributed by atoms with Gasteiger partial charge in [0.15, 0.2) is 5.60 Å². The highest BCUT2D eigenvalue weighted by Crippen LogP contribution is 2.38. The molecule has 1 saturated carbocycles. The number of amides is 2. The zero-order chi connectivity index (χ0) is 18.2. The lowest BCUT2D eigenvalue weighted by Gasteiger charge is -2.39. The Balaban J connectivity index is 1.64. The summed E-state index contributed by atoms with van der Waals surface area (Å²) in [5.74, 6) is -0.367. The van der Waals surface area contributed by atoms with E-state index in [2.05, 4.69) is 10.3 Å². The monoisotopic (exact) mass is 357 g/mol. The smallest absolute Gasteiger partial charge is 0.380 e. The number of nitrogens with one attached hydrogen (secondary N) is 1. The van der Waals surface area contributed by atoms with E-state index in [-0.39, 0.29) is 36.3 Å².